The van der Waals surface area contributed by atoms with E-state index in [4.69, 9.17) is 4.74 Å². The van der Waals surface area contributed by atoms with E-state index >= 15 is 0 Å². The molecule has 0 saturated carbocycles. The highest BCUT2D eigenvalue weighted by molar-refractivity contribution is 9.10. The molecule has 0 saturated heterocycles. The number of amides is 1. The molecule has 3 aromatic heterocycles. The molecule has 0 spiro atoms. The zero-order valence-corrected chi connectivity index (χ0v) is 16.1. The Morgan fingerprint density at radius 3 is 2.89 bits per heavy atom. The van der Waals surface area contributed by atoms with Crippen molar-refractivity contribution >= 4 is 38.8 Å². The summed E-state index contributed by atoms with van der Waals surface area (Å²) in [6.45, 7) is 0. The molecular formula is C18H15BrN6O2. The van der Waals surface area contributed by atoms with Gasteiger partial charge in [0, 0.05) is 36.1 Å². The highest BCUT2D eigenvalue weighted by atomic mass is 79.9. The van der Waals surface area contributed by atoms with E-state index in [9.17, 15) is 4.79 Å². The summed E-state index contributed by atoms with van der Waals surface area (Å²) >= 11 is 3.26. The minimum atomic E-state index is -0.293. The van der Waals surface area contributed by atoms with Gasteiger partial charge in [0.15, 0.2) is 0 Å². The summed E-state index contributed by atoms with van der Waals surface area (Å²) < 4.78 is 7.73. The molecule has 4 aromatic rings. The molecule has 136 valence electrons. The number of anilines is 1. The third kappa shape index (κ3) is 3.28. The van der Waals surface area contributed by atoms with Gasteiger partial charge in [0.05, 0.1) is 13.3 Å². The Balaban J connectivity index is 1.75. The predicted molar refractivity (Wildman–Crippen MR) is 105 cm³/mol. The molecule has 8 nitrogen and oxygen atoms in total. The van der Waals surface area contributed by atoms with Crippen LogP contribution in [0.15, 0.2) is 47.5 Å². The molecule has 0 aliphatic carbocycles. The molecule has 0 aliphatic heterocycles. The number of pyridine rings is 1. The lowest BCUT2D eigenvalue weighted by molar-refractivity contribution is 0.102. The van der Waals surface area contributed by atoms with Crippen LogP contribution in [-0.4, -0.2) is 37.7 Å². The van der Waals surface area contributed by atoms with Gasteiger partial charge in [-0.05, 0) is 40.2 Å². The van der Waals surface area contributed by atoms with Crippen molar-refractivity contribution in [3.8, 4) is 16.9 Å². The molecule has 0 unspecified atom stereocenters. The topological polar surface area (TPSA) is 97.7 Å². The third-order valence-corrected chi connectivity index (χ3v) is 4.50. The van der Waals surface area contributed by atoms with Crippen LogP contribution in [0.4, 0.5) is 5.95 Å². The third-order valence-electron chi connectivity index (χ3n) is 4.06. The van der Waals surface area contributed by atoms with E-state index in [1.807, 2.05) is 25.4 Å². The molecule has 0 fully saturated rings. The van der Waals surface area contributed by atoms with Crippen molar-refractivity contribution in [1.82, 2.24) is 24.7 Å². The van der Waals surface area contributed by atoms with Crippen molar-refractivity contribution in [3.05, 3.63) is 53.0 Å². The van der Waals surface area contributed by atoms with E-state index in [0.717, 1.165) is 11.1 Å². The lowest BCUT2D eigenvalue weighted by atomic mass is 10.1. The summed E-state index contributed by atoms with van der Waals surface area (Å²) in [6, 6.07) is 7.04. The average Bonchev–Trinajstić information content (AvgIpc) is 3.27. The van der Waals surface area contributed by atoms with Crippen LogP contribution in [0.3, 0.4) is 0 Å². The number of imidazole rings is 1. The molecule has 9 heteroatoms. The number of rotatable bonds is 4. The molecular weight excluding hydrogens is 412 g/mol. The first-order chi connectivity index (χ1) is 13.0. The van der Waals surface area contributed by atoms with E-state index in [-0.39, 0.29) is 5.91 Å². The lowest BCUT2D eigenvalue weighted by Crippen LogP contribution is -2.13. The number of aromatic amines is 1. The van der Waals surface area contributed by atoms with Gasteiger partial charge in [-0.1, -0.05) is 0 Å². The van der Waals surface area contributed by atoms with Gasteiger partial charge in [0.2, 0.25) is 5.95 Å². The number of nitrogens with zero attached hydrogens (tertiary/aromatic N) is 4. The van der Waals surface area contributed by atoms with Crippen LogP contribution < -0.4 is 10.1 Å². The summed E-state index contributed by atoms with van der Waals surface area (Å²) in [5, 5.41) is 6.99. The minimum Gasteiger partial charge on any atom is -0.494 e. The maximum atomic E-state index is 12.5. The number of nitrogens with one attached hydrogen (secondary N) is 2. The second kappa shape index (κ2) is 6.84. The number of ether oxygens (including phenoxy) is 1. The van der Waals surface area contributed by atoms with Crippen molar-refractivity contribution in [2.45, 2.75) is 0 Å². The first-order valence-corrected chi connectivity index (χ1v) is 8.83. The van der Waals surface area contributed by atoms with Gasteiger partial charge < -0.3 is 9.72 Å². The summed E-state index contributed by atoms with van der Waals surface area (Å²) in [5.41, 5.74) is 3.67. The van der Waals surface area contributed by atoms with E-state index in [1.165, 1.54) is 0 Å². The zero-order chi connectivity index (χ0) is 19.0. The molecule has 0 aliphatic rings. The van der Waals surface area contributed by atoms with Gasteiger partial charge in [-0.25, -0.2) is 9.97 Å². The van der Waals surface area contributed by atoms with Gasteiger partial charge in [-0.15, -0.1) is 0 Å². The number of carbonyl (C=O) groups excluding carboxylic acids is 1. The highest BCUT2D eigenvalue weighted by Gasteiger charge is 2.16. The Kier molecular flexibility index (Phi) is 4.36. The number of halogens is 1. The fourth-order valence-corrected chi connectivity index (χ4v) is 3.18. The lowest BCUT2D eigenvalue weighted by Gasteiger charge is -2.04. The monoisotopic (exact) mass is 426 g/mol. The van der Waals surface area contributed by atoms with Crippen molar-refractivity contribution in [2.24, 2.45) is 7.05 Å². The number of H-pyrrole nitrogens is 1. The van der Waals surface area contributed by atoms with Gasteiger partial charge >= 0.3 is 0 Å². The normalized spacial score (nSPS) is 10.9. The summed E-state index contributed by atoms with van der Waals surface area (Å²) in [6.07, 6.45) is 5.23. The summed E-state index contributed by atoms with van der Waals surface area (Å²) in [4.78, 5) is 24.2. The summed E-state index contributed by atoms with van der Waals surface area (Å²) in [5.74, 6) is 0.675. The van der Waals surface area contributed by atoms with Gasteiger partial charge in [-0.3, -0.25) is 14.8 Å². The quantitative estimate of drug-likeness (QED) is 0.487. The molecule has 1 amide bonds. The smallest absolute Gasteiger partial charge is 0.258 e. The average molecular weight is 427 g/mol. The standard InChI is InChI=1S/C18H15BrN6O2/c1-25-9-11(8-21-25)12-3-4-13(27-2)16-15(12)22-18(23-16)24-17(26)10-5-6-20-14(19)7-10/h3-9H,1-2H3,(H2,22,23,24,26). The Morgan fingerprint density at radius 2 is 2.19 bits per heavy atom. The summed E-state index contributed by atoms with van der Waals surface area (Å²) in [7, 11) is 3.44. The first-order valence-electron chi connectivity index (χ1n) is 8.04. The van der Waals surface area contributed by atoms with Crippen LogP contribution in [-0.2, 0) is 7.05 Å². The van der Waals surface area contributed by atoms with E-state index < -0.39 is 0 Å². The number of benzene rings is 1. The van der Waals surface area contributed by atoms with Gasteiger partial charge in [0.25, 0.3) is 5.91 Å². The van der Waals surface area contributed by atoms with E-state index in [2.05, 4.69) is 41.3 Å². The number of methoxy groups -OCH3 is 1. The van der Waals surface area contributed by atoms with E-state index in [0.29, 0.717) is 32.9 Å². The molecule has 1 aromatic carbocycles. The SMILES string of the molecule is COc1ccc(-c2cnn(C)c2)c2nc(NC(=O)c3ccnc(Br)c3)[nH]c12. The number of hydrogen-bond acceptors (Lipinski definition) is 5. The molecule has 2 N–H and O–H groups in total. The zero-order valence-electron chi connectivity index (χ0n) is 14.5. The van der Waals surface area contributed by atoms with Crippen molar-refractivity contribution < 1.29 is 9.53 Å². The Bertz CT molecular complexity index is 1150. The Labute approximate surface area is 162 Å². The Hall–Kier alpha value is -3.20. The van der Waals surface area contributed by atoms with Crippen molar-refractivity contribution in [1.29, 1.82) is 0 Å². The van der Waals surface area contributed by atoms with Crippen LogP contribution in [0.5, 0.6) is 5.75 Å². The molecule has 0 atom stereocenters. The predicted octanol–water partition coefficient (Wildman–Crippen LogP) is 3.38. The maximum absolute atomic E-state index is 12.5. The number of fused-ring (bicyclic) bond motifs is 1. The second-order valence-corrected chi connectivity index (χ2v) is 6.66. The molecule has 4 rings (SSSR count). The molecule has 3 heterocycles. The van der Waals surface area contributed by atoms with Crippen LogP contribution in [0.2, 0.25) is 0 Å². The Morgan fingerprint density at radius 1 is 1.33 bits per heavy atom. The van der Waals surface area contributed by atoms with Crippen molar-refractivity contribution in [2.75, 3.05) is 12.4 Å². The first kappa shape index (κ1) is 17.2. The van der Waals surface area contributed by atoms with Crippen LogP contribution >= 0.6 is 15.9 Å². The van der Waals surface area contributed by atoms with Crippen molar-refractivity contribution in [3.63, 3.8) is 0 Å². The molecule has 0 radical (unpaired) electrons. The number of aryl methyl sites for hydroxylation is 1. The van der Waals surface area contributed by atoms with Gasteiger partial charge in [0.1, 0.15) is 21.4 Å². The maximum Gasteiger partial charge on any atom is 0.258 e. The van der Waals surface area contributed by atoms with Gasteiger partial charge in [-0.2, -0.15) is 5.10 Å². The molecule has 0 bridgehead atoms. The fraction of sp³-hybridized carbons (Fsp3) is 0.111. The minimum absolute atomic E-state index is 0.293. The van der Waals surface area contributed by atoms with Crippen LogP contribution in [0.25, 0.3) is 22.2 Å². The fourth-order valence-electron chi connectivity index (χ4n) is 2.81. The highest BCUT2D eigenvalue weighted by Crippen LogP contribution is 2.33. The number of carbonyl (C=O) groups is 1. The van der Waals surface area contributed by atoms with Crippen LogP contribution in [0.1, 0.15) is 10.4 Å². The second-order valence-electron chi connectivity index (χ2n) is 5.85. The van der Waals surface area contributed by atoms with E-state index in [1.54, 1.807) is 36.3 Å². The number of aromatic nitrogens is 5. The van der Waals surface area contributed by atoms with Crippen LogP contribution in [0, 0.1) is 0 Å². The largest absolute Gasteiger partial charge is 0.494 e. The number of hydrogen-bond donors (Lipinski definition) is 2. The molecule has 27 heavy (non-hydrogen) atoms.